The van der Waals surface area contributed by atoms with Gasteiger partial charge in [0.25, 0.3) is 0 Å². The predicted molar refractivity (Wildman–Crippen MR) is 107 cm³/mol. The van der Waals surface area contributed by atoms with Crippen LogP contribution in [0.2, 0.25) is 0 Å². The molecule has 0 bridgehead atoms. The number of halogens is 3. The number of nitrogens with one attached hydrogen (secondary N) is 1. The van der Waals surface area contributed by atoms with E-state index in [4.69, 9.17) is 4.74 Å². The number of carbonyl (C=O) groups excluding carboxylic acids is 2. The number of hydrogen-bond donors (Lipinski definition) is 1. The number of nitrogens with zero attached hydrogens (tertiary/aromatic N) is 2. The van der Waals surface area contributed by atoms with Gasteiger partial charge in [0.2, 0.25) is 0 Å². The van der Waals surface area contributed by atoms with E-state index in [-0.39, 0.29) is 6.61 Å². The molecule has 0 aliphatic carbocycles. The van der Waals surface area contributed by atoms with Crippen LogP contribution in [0.15, 0.2) is 53.2 Å². The van der Waals surface area contributed by atoms with Crippen LogP contribution in [-0.2, 0) is 14.4 Å². The van der Waals surface area contributed by atoms with Gasteiger partial charge in [0.1, 0.15) is 6.61 Å². The Morgan fingerprint density at radius 1 is 1.27 bits per heavy atom. The first-order valence-electron chi connectivity index (χ1n) is 8.62. The van der Waals surface area contributed by atoms with Gasteiger partial charge in [0, 0.05) is 17.6 Å². The summed E-state index contributed by atoms with van der Waals surface area (Å²) in [5, 5.41) is 6.11. The number of oxime groups is 1. The molecule has 0 radical (unpaired) electrons. The topological polar surface area (TPSA) is 80.2 Å². The van der Waals surface area contributed by atoms with Gasteiger partial charge in [-0.25, -0.2) is 9.59 Å². The maximum atomic E-state index is 12.9. The molecule has 7 nitrogen and oxygen atoms in total. The second kappa shape index (κ2) is 8.99. The Hall–Kier alpha value is -3.34. The van der Waals surface area contributed by atoms with Crippen molar-refractivity contribution in [2.24, 2.45) is 5.16 Å². The van der Waals surface area contributed by atoms with Crippen molar-refractivity contribution in [3.63, 3.8) is 0 Å². The van der Waals surface area contributed by atoms with Crippen molar-refractivity contribution < 1.29 is 32.3 Å². The summed E-state index contributed by atoms with van der Waals surface area (Å²) in [5.41, 5.74) is -1.38. The fourth-order valence-electron chi connectivity index (χ4n) is 2.44. The molecule has 1 aromatic carbocycles. The minimum absolute atomic E-state index is 0.0979. The lowest BCUT2D eigenvalue weighted by molar-refractivity contribution is -0.136. The van der Waals surface area contributed by atoms with E-state index in [1.54, 1.807) is 48.3 Å². The molecule has 30 heavy (non-hydrogen) atoms. The lowest BCUT2D eigenvalue weighted by Crippen LogP contribution is -2.24. The summed E-state index contributed by atoms with van der Waals surface area (Å²) in [7, 11) is 1.74. The van der Waals surface area contributed by atoms with Crippen molar-refractivity contribution in [1.29, 1.82) is 0 Å². The van der Waals surface area contributed by atoms with E-state index in [1.807, 2.05) is 6.07 Å². The Kier molecular flexibility index (Phi) is 6.40. The Bertz CT molecular complexity index is 986. The Labute approximate surface area is 173 Å². The molecule has 1 aromatic heterocycles. The van der Waals surface area contributed by atoms with Gasteiger partial charge in [-0.2, -0.15) is 13.2 Å². The molecule has 2 aromatic rings. The van der Waals surface area contributed by atoms with Crippen molar-refractivity contribution in [1.82, 2.24) is 0 Å². The highest BCUT2D eigenvalue weighted by atomic mass is 32.1. The van der Waals surface area contributed by atoms with Gasteiger partial charge in [-0.3, -0.25) is 5.32 Å². The maximum Gasteiger partial charge on any atom is 0.437 e. The second-order valence-electron chi connectivity index (χ2n) is 6.10. The number of para-hydroxylation sites is 1. The molecule has 2 heterocycles. The Balaban J connectivity index is 1.55. The van der Waals surface area contributed by atoms with Crippen molar-refractivity contribution in [2.75, 3.05) is 30.4 Å². The molecular formula is C19H16F3N3O4S. The number of ether oxygens (including phenoxy) is 1. The highest BCUT2D eigenvalue weighted by Crippen LogP contribution is 2.31. The quantitative estimate of drug-likeness (QED) is 0.537. The van der Waals surface area contributed by atoms with E-state index in [2.05, 4.69) is 15.3 Å². The number of anilines is 2. The standard InChI is InChI=1S/C19H16F3N3O4S/c1-25(9-10-28-18(27)23-12-5-3-2-4-6-12)15-8-7-13(30-15)11-14-16(19(20,21)22)24-29-17(14)26/h2-8,11H,9-10H2,1H3,(H,23,27)/b14-11-. The predicted octanol–water partition coefficient (Wildman–Crippen LogP) is 4.29. The SMILES string of the molecule is CN(CCOC(=O)Nc1ccccc1)c1ccc(/C=C2\C(=O)ON=C2C(F)(F)F)s1. The maximum absolute atomic E-state index is 12.9. The van der Waals surface area contributed by atoms with Gasteiger partial charge in [-0.05, 0) is 30.3 Å². The number of thiophene rings is 1. The minimum Gasteiger partial charge on any atom is -0.447 e. The lowest BCUT2D eigenvalue weighted by atomic mass is 10.1. The van der Waals surface area contributed by atoms with E-state index in [0.29, 0.717) is 22.1 Å². The van der Waals surface area contributed by atoms with Crippen molar-refractivity contribution in [3.05, 3.63) is 52.9 Å². The van der Waals surface area contributed by atoms with E-state index >= 15 is 0 Å². The van der Waals surface area contributed by atoms with Gasteiger partial charge in [-0.15, -0.1) is 11.3 Å². The van der Waals surface area contributed by atoms with Gasteiger partial charge >= 0.3 is 18.2 Å². The van der Waals surface area contributed by atoms with Crippen LogP contribution in [-0.4, -0.2) is 44.1 Å². The van der Waals surface area contributed by atoms with Gasteiger partial charge in [0.05, 0.1) is 17.1 Å². The highest BCUT2D eigenvalue weighted by Gasteiger charge is 2.45. The van der Waals surface area contributed by atoms with E-state index in [0.717, 1.165) is 6.08 Å². The average molecular weight is 439 g/mol. The van der Waals surface area contributed by atoms with Crippen LogP contribution >= 0.6 is 11.3 Å². The molecule has 0 fully saturated rings. The van der Waals surface area contributed by atoms with Crippen LogP contribution in [0.1, 0.15) is 4.88 Å². The number of amides is 1. The zero-order chi connectivity index (χ0) is 21.7. The molecule has 0 spiro atoms. The Morgan fingerprint density at radius 3 is 2.70 bits per heavy atom. The summed E-state index contributed by atoms with van der Waals surface area (Å²) in [6.07, 6.45) is -4.29. The van der Waals surface area contributed by atoms with Crippen molar-refractivity contribution in [3.8, 4) is 0 Å². The fraction of sp³-hybridized carbons (Fsp3) is 0.211. The zero-order valence-electron chi connectivity index (χ0n) is 15.6. The summed E-state index contributed by atoms with van der Waals surface area (Å²) in [6, 6.07) is 12.1. The van der Waals surface area contributed by atoms with Gasteiger partial charge in [0.15, 0.2) is 5.71 Å². The summed E-state index contributed by atoms with van der Waals surface area (Å²) < 4.78 is 43.8. The molecular weight excluding hydrogens is 423 g/mol. The van der Waals surface area contributed by atoms with E-state index in [1.165, 1.54) is 11.3 Å². The summed E-state index contributed by atoms with van der Waals surface area (Å²) >= 11 is 1.17. The lowest BCUT2D eigenvalue weighted by Gasteiger charge is -2.16. The fourth-order valence-corrected chi connectivity index (χ4v) is 3.38. The molecule has 1 aliphatic heterocycles. The largest absolute Gasteiger partial charge is 0.447 e. The number of rotatable bonds is 6. The van der Waals surface area contributed by atoms with Crippen LogP contribution in [0.3, 0.4) is 0 Å². The second-order valence-corrected chi connectivity index (χ2v) is 7.19. The molecule has 0 saturated heterocycles. The summed E-state index contributed by atoms with van der Waals surface area (Å²) in [4.78, 5) is 29.7. The van der Waals surface area contributed by atoms with Crippen LogP contribution in [0.25, 0.3) is 6.08 Å². The van der Waals surface area contributed by atoms with E-state index < -0.39 is 29.5 Å². The first-order valence-corrected chi connectivity index (χ1v) is 9.44. The van der Waals surface area contributed by atoms with Crippen molar-refractivity contribution in [2.45, 2.75) is 6.18 Å². The summed E-state index contributed by atoms with van der Waals surface area (Å²) in [5.74, 6) is -1.15. The van der Waals surface area contributed by atoms with Gasteiger partial charge in [-0.1, -0.05) is 23.4 Å². The van der Waals surface area contributed by atoms with E-state index in [9.17, 15) is 22.8 Å². The van der Waals surface area contributed by atoms with Crippen LogP contribution in [0, 0.1) is 0 Å². The number of likely N-dealkylation sites (N-methyl/N-ethyl adjacent to an activating group) is 1. The van der Waals surface area contributed by atoms with Crippen molar-refractivity contribution >= 4 is 45.9 Å². The molecule has 158 valence electrons. The number of benzene rings is 1. The first kappa shape index (κ1) is 21.4. The monoisotopic (exact) mass is 439 g/mol. The third kappa shape index (κ3) is 5.38. The van der Waals surface area contributed by atoms with Crippen LogP contribution in [0.5, 0.6) is 0 Å². The normalized spacial score (nSPS) is 15.0. The number of hydrogen-bond acceptors (Lipinski definition) is 7. The molecule has 0 atom stereocenters. The first-order chi connectivity index (χ1) is 14.2. The highest BCUT2D eigenvalue weighted by molar-refractivity contribution is 7.17. The van der Waals surface area contributed by atoms with Crippen LogP contribution in [0.4, 0.5) is 28.7 Å². The smallest absolute Gasteiger partial charge is 0.437 e. The summed E-state index contributed by atoms with van der Waals surface area (Å²) in [6.45, 7) is 0.455. The van der Waals surface area contributed by atoms with Gasteiger partial charge < -0.3 is 14.5 Å². The molecule has 11 heteroatoms. The average Bonchev–Trinajstić information content (AvgIpc) is 3.30. The molecule has 0 saturated carbocycles. The van der Waals surface area contributed by atoms with Crippen LogP contribution < -0.4 is 10.2 Å². The molecule has 1 N–H and O–H groups in total. The Morgan fingerprint density at radius 2 is 2.00 bits per heavy atom. The molecule has 0 unspecified atom stereocenters. The third-order valence-electron chi connectivity index (χ3n) is 3.92. The molecule has 3 rings (SSSR count). The number of carbonyl (C=O) groups is 2. The zero-order valence-corrected chi connectivity index (χ0v) is 16.4. The molecule has 1 aliphatic rings. The third-order valence-corrected chi connectivity index (χ3v) is 5.07. The number of alkyl halides is 3. The molecule has 1 amide bonds. The minimum atomic E-state index is -4.79.